The Morgan fingerprint density at radius 1 is 0.780 bits per heavy atom. The van der Waals surface area contributed by atoms with E-state index in [4.69, 9.17) is 4.74 Å². The largest absolute Gasteiger partial charge is 0.457 e. The number of aromatic nitrogens is 1. The number of pyridine rings is 1. The highest BCUT2D eigenvalue weighted by Crippen LogP contribution is 2.58. The Kier molecular flexibility index (Phi) is 8.41. The number of rotatable bonds is 7. The maximum absolute atomic E-state index is 14.7. The minimum absolute atomic E-state index is 0.0156. The smallest absolute Gasteiger partial charge is 0.457 e. The topological polar surface area (TPSA) is 92.4 Å². The van der Waals surface area contributed by atoms with Crippen LogP contribution in [0.1, 0.15) is 16.1 Å². The number of carbonyl (C=O) groups excluding carboxylic acids is 2. The van der Waals surface area contributed by atoms with E-state index in [0.29, 0.717) is 0 Å². The standard InChI is InChI=1S/C24H16F10N4O3/c1-35-19(39)18-11-15(8-9-36-18)41-14-5-3-13(4-6-14)37-20(40)38-17-10-12(2-7-16(17)25)21(26,23(29,30)31)22(27,28)24(32,33)34/h2-11H,1H3,(H,35,39)(H2,37,38,40). The zero-order valence-electron chi connectivity index (χ0n) is 20.2. The van der Waals surface area contributed by atoms with Gasteiger partial charge in [0.1, 0.15) is 23.0 Å². The number of nitrogens with zero attached hydrogens (tertiary/aromatic N) is 1. The molecule has 1 aromatic heterocycles. The fraction of sp³-hybridized carbons (Fsp3) is 0.208. The summed E-state index contributed by atoms with van der Waals surface area (Å²) in [5.41, 5.74) is -9.91. The van der Waals surface area contributed by atoms with Gasteiger partial charge in [-0.1, -0.05) is 6.07 Å². The molecule has 1 atom stereocenters. The molecular weight excluding hydrogens is 582 g/mol. The van der Waals surface area contributed by atoms with Crippen molar-refractivity contribution in [1.29, 1.82) is 0 Å². The number of halogens is 10. The molecule has 41 heavy (non-hydrogen) atoms. The average molecular weight is 598 g/mol. The summed E-state index contributed by atoms with van der Waals surface area (Å²) < 4.78 is 140. The summed E-state index contributed by atoms with van der Waals surface area (Å²) in [6.07, 6.45) is -12.5. The second-order valence-electron chi connectivity index (χ2n) is 8.08. The summed E-state index contributed by atoms with van der Waals surface area (Å²) in [4.78, 5) is 27.8. The first-order chi connectivity index (χ1) is 18.9. The van der Waals surface area contributed by atoms with Crippen molar-refractivity contribution < 1.29 is 58.2 Å². The molecule has 3 amide bonds. The van der Waals surface area contributed by atoms with Crippen LogP contribution < -0.4 is 20.7 Å². The molecule has 0 bridgehead atoms. The first kappa shape index (κ1) is 31.0. The van der Waals surface area contributed by atoms with E-state index in [-0.39, 0.29) is 41.1 Å². The van der Waals surface area contributed by atoms with Crippen LogP contribution in [0.2, 0.25) is 0 Å². The Bertz CT molecular complexity index is 1430. The maximum Gasteiger partial charge on any atom is 0.457 e. The van der Waals surface area contributed by atoms with Gasteiger partial charge in [-0.25, -0.2) is 13.6 Å². The van der Waals surface area contributed by atoms with Crippen molar-refractivity contribution in [2.24, 2.45) is 0 Å². The Labute approximate surface area is 223 Å². The van der Waals surface area contributed by atoms with Gasteiger partial charge in [0.25, 0.3) is 5.91 Å². The van der Waals surface area contributed by atoms with Gasteiger partial charge in [-0.3, -0.25) is 9.78 Å². The van der Waals surface area contributed by atoms with Gasteiger partial charge in [0.05, 0.1) is 5.69 Å². The van der Waals surface area contributed by atoms with Crippen LogP contribution in [0.25, 0.3) is 0 Å². The summed E-state index contributed by atoms with van der Waals surface area (Å²) >= 11 is 0. The van der Waals surface area contributed by atoms with Crippen LogP contribution in [0.15, 0.2) is 60.8 Å². The van der Waals surface area contributed by atoms with Crippen LogP contribution >= 0.6 is 0 Å². The normalized spacial score (nSPS) is 13.6. The summed E-state index contributed by atoms with van der Waals surface area (Å²) in [6.45, 7) is 0. The molecule has 0 spiro atoms. The van der Waals surface area contributed by atoms with Crippen molar-refractivity contribution in [3.8, 4) is 11.5 Å². The Hall–Kier alpha value is -4.57. The average Bonchev–Trinajstić information content (AvgIpc) is 2.89. The highest BCUT2D eigenvalue weighted by molar-refractivity contribution is 6.00. The van der Waals surface area contributed by atoms with Crippen LogP contribution in [-0.4, -0.2) is 42.2 Å². The predicted octanol–water partition coefficient (Wildman–Crippen LogP) is 6.94. The van der Waals surface area contributed by atoms with E-state index >= 15 is 0 Å². The molecule has 0 aliphatic carbocycles. The number of urea groups is 1. The molecule has 2 aromatic carbocycles. The zero-order valence-corrected chi connectivity index (χ0v) is 20.2. The maximum atomic E-state index is 14.7. The Morgan fingerprint density at radius 2 is 1.41 bits per heavy atom. The van der Waals surface area contributed by atoms with Gasteiger partial charge in [0.2, 0.25) is 0 Å². The number of benzene rings is 2. The lowest BCUT2D eigenvalue weighted by atomic mass is 9.87. The van der Waals surface area contributed by atoms with Crippen molar-refractivity contribution in [2.45, 2.75) is 23.9 Å². The minimum Gasteiger partial charge on any atom is -0.457 e. The van der Waals surface area contributed by atoms with Crippen molar-refractivity contribution in [1.82, 2.24) is 10.3 Å². The molecule has 1 heterocycles. The van der Waals surface area contributed by atoms with Crippen LogP contribution in [0.5, 0.6) is 11.5 Å². The lowest BCUT2D eigenvalue weighted by molar-refractivity contribution is -0.389. The molecule has 7 nitrogen and oxygen atoms in total. The molecule has 0 aliphatic rings. The van der Waals surface area contributed by atoms with E-state index in [2.05, 4.69) is 15.6 Å². The second-order valence-corrected chi connectivity index (χ2v) is 8.08. The van der Waals surface area contributed by atoms with E-state index in [1.807, 2.05) is 0 Å². The van der Waals surface area contributed by atoms with Gasteiger partial charge in [-0.15, -0.1) is 0 Å². The lowest BCUT2D eigenvalue weighted by Crippen LogP contribution is -2.59. The van der Waals surface area contributed by atoms with E-state index < -0.39 is 53.0 Å². The van der Waals surface area contributed by atoms with Crippen LogP contribution in [0.4, 0.5) is 60.1 Å². The third-order valence-corrected chi connectivity index (χ3v) is 5.33. The van der Waals surface area contributed by atoms with Crippen molar-refractivity contribution >= 4 is 23.3 Å². The third-order valence-electron chi connectivity index (χ3n) is 5.33. The number of ether oxygens (including phenoxy) is 1. The van der Waals surface area contributed by atoms with E-state index in [0.717, 1.165) is 0 Å². The first-order valence-corrected chi connectivity index (χ1v) is 10.9. The Morgan fingerprint density at radius 3 is 1.98 bits per heavy atom. The van der Waals surface area contributed by atoms with Crippen LogP contribution in [0, 0.1) is 5.82 Å². The number of amides is 3. The Balaban J connectivity index is 1.78. The number of alkyl halides is 9. The molecular formula is C24H16F10N4O3. The minimum atomic E-state index is -6.98. The summed E-state index contributed by atoms with van der Waals surface area (Å²) in [7, 11) is 1.40. The first-order valence-electron chi connectivity index (χ1n) is 10.9. The monoisotopic (exact) mass is 598 g/mol. The van der Waals surface area contributed by atoms with Gasteiger partial charge in [0, 0.05) is 30.6 Å². The highest BCUT2D eigenvalue weighted by Gasteiger charge is 2.81. The van der Waals surface area contributed by atoms with Gasteiger partial charge >= 0.3 is 30.0 Å². The summed E-state index contributed by atoms with van der Waals surface area (Å²) in [5.74, 6) is -8.61. The molecule has 3 rings (SSSR count). The number of hydrogen-bond acceptors (Lipinski definition) is 4. The van der Waals surface area contributed by atoms with Gasteiger partial charge in [-0.2, -0.15) is 35.1 Å². The SMILES string of the molecule is CNC(=O)c1cc(Oc2ccc(NC(=O)Nc3cc(C(F)(C(F)(F)F)C(F)(F)C(F)(F)F)ccc3F)cc2)ccn1. The quantitative estimate of drug-likeness (QED) is 0.257. The van der Waals surface area contributed by atoms with Crippen LogP contribution in [0.3, 0.4) is 0 Å². The number of hydrogen-bond donors (Lipinski definition) is 3. The van der Waals surface area contributed by atoms with E-state index in [1.54, 1.807) is 5.32 Å². The molecule has 17 heteroatoms. The molecule has 0 radical (unpaired) electrons. The summed E-state index contributed by atoms with van der Waals surface area (Å²) in [5, 5.41) is 6.11. The highest BCUT2D eigenvalue weighted by atomic mass is 19.4. The van der Waals surface area contributed by atoms with Crippen molar-refractivity contribution in [2.75, 3.05) is 17.7 Å². The number of carbonyl (C=O) groups is 2. The molecule has 0 saturated heterocycles. The van der Waals surface area contributed by atoms with Crippen molar-refractivity contribution in [3.63, 3.8) is 0 Å². The second kappa shape index (κ2) is 11.1. The predicted molar refractivity (Wildman–Crippen MR) is 123 cm³/mol. The zero-order chi connectivity index (χ0) is 30.8. The molecule has 3 N–H and O–H groups in total. The third kappa shape index (κ3) is 6.28. The molecule has 1 unspecified atom stereocenters. The molecule has 0 aliphatic heterocycles. The molecule has 220 valence electrons. The van der Waals surface area contributed by atoms with E-state index in [9.17, 15) is 53.5 Å². The molecule has 0 saturated carbocycles. The number of nitrogens with one attached hydrogen (secondary N) is 3. The molecule has 0 fully saturated rings. The van der Waals surface area contributed by atoms with Crippen molar-refractivity contribution in [3.05, 3.63) is 77.9 Å². The van der Waals surface area contributed by atoms with Gasteiger partial charge in [0.15, 0.2) is 0 Å². The lowest BCUT2D eigenvalue weighted by Gasteiger charge is -2.36. The van der Waals surface area contributed by atoms with Gasteiger partial charge < -0.3 is 20.7 Å². The number of anilines is 2. The fourth-order valence-corrected chi connectivity index (χ4v) is 3.31. The van der Waals surface area contributed by atoms with Gasteiger partial charge in [-0.05, 0) is 42.5 Å². The van der Waals surface area contributed by atoms with E-state index in [1.165, 1.54) is 49.6 Å². The summed E-state index contributed by atoms with van der Waals surface area (Å²) in [6, 6.07) is 5.92. The van der Waals surface area contributed by atoms with Crippen LogP contribution in [-0.2, 0) is 5.67 Å². The molecule has 3 aromatic rings. The fourth-order valence-electron chi connectivity index (χ4n) is 3.31.